The third-order valence-corrected chi connectivity index (χ3v) is 0. The number of hydrogen-bond donors (Lipinski definition) is 0. The zero-order valence-corrected chi connectivity index (χ0v) is 23.5. The summed E-state index contributed by atoms with van der Waals surface area (Å²) >= 11 is 0. The Hall–Kier alpha value is 2.40. The van der Waals surface area contributed by atoms with E-state index < -0.39 is 0 Å². The summed E-state index contributed by atoms with van der Waals surface area (Å²) in [6, 6.07) is 0. The van der Waals surface area contributed by atoms with Gasteiger partial charge in [-0.25, -0.2) is 0 Å². The monoisotopic (exact) mass is 1060 g/mol. The number of hydrogen-bond acceptors (Lipinski definition) is 0. The summed E-state index contributed by atoms with van der Waals surface area (Å²) in [5, 5.41) is 0. The maximum Gasteiger partial charge on any atom is 0 e. The Kier molecular flexibility index (Phi) is 216000. The van der Waals surface area contributed by atoms with Crippen molar-refractivity contribution in [1.82, 2.24) is 0 Å². The second-order valence-electron chi connectivity index (χ2n) is 0. The van der Waals surface area contributed by atoms with Gasteiger partial charge in [-0.15, -0.1) is 0 Å². The smallest absolute Gasteiger partial charge is 0 e. The van der Waals surface area contributed by atoms with Gasteiger partial charge < -0.3 is 104 Å². The van der Waals surface area contributed by atoms with Crippen LogP contribution in [0.15, 0.2) is 0 Å². The summed E-state index contributed by atoms with van der Waals surface area (Å²) in [4.78, 5) is 0. The summed E-state index contributed by atoms with van der Waals surface area (Å²) in [5.74, 6) is 0. The minimum atomic E-state index is 0. The van der Waals surface area contributed by atoms with E-state index in [-0.39, 0.29) is 197 Å². The largest absolute Gasteiger partial charge is 0.412 e. The van der Waals surface area contributed by atoms with Crippen molar-refractivity contribution in [1.29, 1.82) is 0 Å². The summed E-state index contributed by atoms with van der Waals surface area (Å²) < 4.78 is 0. The van der Waals surface area contributed by atoms with E-state index in [1.807, 2.05) is 0 Å². The molecule has 0 amide bonds. The molecule has 0 aromatic heterocycles. The molecule has 0 spiro atoms. The van der Waals surface area contributed by atoms with Crippen molar-refractivity contribution in [3.8, 4) is 0 Å². The molecular weight excluding hydrogens is 1020 g/mol. The zero-order valence-electron chi connectivity index (χ0n) is 11.0. The van der Waals surface area contributed by atoms with Crippen LogP contribution < -0.4 is 0 Å². The first kappa shape index (κ1) is 2330. The van der Waals surface area contributed by atoms with Gasteiger partial charge in [0.15, 0.2) is 0 Å². The fourth-order valence-electron chi connectivity index (χ4n) is 0. The van der Waals surface area contributed by atoms with E-state index in [0.717, 1.165) is 0 Å². The topological polar surface area (TPSA) is 598 Å². The molecule has 0 radical (unpaired) electrons. The Bertz CT molecular complexity index is 12.6. The molecule has 38 N–H and O–H groups in total. The molecule has 0 aliphatic rings. The third kappa shape index (κ3) is 1790. The normalized spacial score (nSPS) is 0. The van der Waals surface area contributed by atoms with Crippen molar-refractivity contribution in [2.75, 3.05) is 0 Å². The molecule has 0 aromatic rings. The summed E-state index contributed by atoms with van der Waals surface area (Å²) in [5.41, 5.74) is 0. The SMILES string of the molecule is O.O.O.O.O.O.O.O.O.O.O.O.O.O.O.O.O.O.O.[U].[U].[U]. The molecule has 19 nitrogen and oxygen atoms in total. The van der Waals surface area contributed by atoms with E-state index in [1.54, 1.807) is 0 Å². The third-order valence-electron chi connectivity index (χ3n) is 0. The van der Waals surface area contributed by atoms with Crippen LogP contribution >= 0.6 is 0 Å². The second-order valence-corrected chi connectivity index (χ2v) is 0. The van der Waals surface area contributed by atoms with Gasteiger partial charge >= 0.3 is 0 Å². The predicted octanol–water partition coefficient (Wildman–Crippen LogP) is -15.7. The summed E-state index contributed by atoms with van der Waals surface area (Å²) in [7, 11) is 0. The molecule has 0 aliphatic heterocycles. The van der Waals surface area contributed by atoms with Crippen LogP contribution in [0.5, 0.6) is 0 Å². The minimum absolute atomic E-state index is 0. The summed E-state index contributed by atoms with van der Waals surface area (Å²) in [6.45, 7) is 0. The summed E-state index contributed by atoms with van der Waals surface area (Å²) in [6.07, 6.45) is 0. The fourth-order valence-corrected chi connectivity index (χ4v) is 0. The van der Waals surface area contributed by atoms with E-state index in [2.05, 4.69) is 0 Å². The quantitative estimate of drug-likeness (QED) is 0.218. The molecule has 0 aromatic carbocycles. The molecule has 0 saturated heterocycles. The van der Waals surface area contributed by atoms with E-state index in [4.69, 9.17) is 0 Å². The first-order chi connectivity index (χ1) is 0. The van der Waals surface area contributed by atoms with Gasteiger partial charge in [-0.2, -0.15) is 0 Å². The van der Waals surface area contributed by atoms with Crippen LogP contribution in [0.2, 0.25) is 0 Å². The van der Waals surface area contributed by atoms with Crippen molar-refractivity contribution >= 4 is 0 Å². The minimum Gasteiger partial charge on any atom is -0.412 e. The Balaban J connectivity index is 0. The van der Waals surface area contributed by atoms with Crippen LogP contribution in [0, 0.1) is 93.3 Å². The fraction of sp³-hybridized carbons (Fsp3) is 0. The average molecular weight is 1060 g/mol. The maximum absolute atomic E-state index is 0. The second kappa shape index (κ2) is 2040. The zero-order chi connectivity index (χ0) is 0. The Morgan fingerprint density at radius 3 is 0.0909 bits per heavy atom. The Labute approximate surface area is 195 Å². The van der Waals surface area contributed by atoms with Crippen molar-refractivity contribution < 1.29 is 197 Å². The van der Waals surface area contributed by atoms with Crippen molar-refractivity contribution in [3.63, 3.8) is 0 Å². The molecule has 0 rings (SSSR count). The predicted molar refractivity (Wildman–Crippen MR) is 68.7 cm³/mol. The molecular formula is H38O19U3. The van der Waals surface area contributed by atoms with Crippen LogP contribution in [0.25, 0.3) is 0 Å². The standard InChI is InChI=1S/19H2O.3U/h19*1H2;;;. The first-order valence-electron chi connectivity index (χ1n) is 0. The van der Waals surface area contributed by atoms with E-state index in [1.165, 1.54) is 0 Å². The molecule has 22 heavy (non-hydrogen) atoms. The molecule has 0 heterocycles. The molecule has 0 atom stereocenters. The van der Waals surface area contributed by atoms with Crippen LogP contribution in [0.1, 0.15) is 0 Å². The molecule has 0 saturated carbocycles. The van der Waals surface area contributed by atoms with Gasteiger partial charge in [0.2, 0.25) is 0 Å². The average Bonchev–Trinajstić information content (AvgIpc) is 0. The van der Waals surface area contributed by atoms with E-state index >= 15 is 0 Å². The van der Waals surface area contributed by atoms with Crippen molar-refractivity contribution in [2.45, 2.75) is 0 Å². The molecule has 0 bridgehead atoms. The van der Waals surface area contributed by atoms with E-state index in [9.17, 15) is 0 Å². The van der Waals surface area contributed by atoms with Gasteiger partial charge in [-0.3, -0.25) is 0 Å². The van der Waals surface area contributed by atoms with Crippen molar-refractivity contribution in [2.24, 2.45) is 0 Å². The molecule has 0 aliphatic carbocycles. The van der Waals surface area contributed by atoms with Crippen molar-refractivity contribution in [3.05, 3.63) is 0 Å². The van der Waals surface area contributed by atoms with E-state index in [0.29, 0.717) is 0 Å². The van der Waals surface area contributed by atoms with Crippen LogP contribution in [-0.4, -0.2) is 104 Å². The van der Waals surface area contributed by atoms with Crippen LogP contribution in [0.4, 0.5) is 0 Å². The molecule has 0 fully saturated rings. The van der Waals surface area contributed by atoms with Gasteiger partial charge in [-0.05, 0) is 0 Å². The van der Waals surface area contributed by atoms with Gasteiger partial charge in [0, 0.05) is 93.3 Å². The van der Waals surface area contributed by atoms with Gasteiger partial charge in [-0.1, -0.05) is 0 Å². The molecule has 22 heteroatoms. The van der Waals surface area contributed by atoms with Gasteiger partial charge in [0.05, 0.1) is 0 Å². The first-order valence-corrected chi connectivity index (χ1v) is 0. The number of rotatable bonds is 0. The Morgan fingerprint density at radius 2 is 0.0909 bits per heavy atom. The van der Waals surface area contributed by atoms with Crippen LogP contribution in [0.3, 0.4) is 0 Å². The van der Waals surface area contributed by atoms with Crippen LogP contribution in [-0.2, 0) is 0 Å². The maximum atomic E-state index is 0. The van der Waals surface area contributed by atoms with Gasteiger partial charge in [0.25, 0.3) is 0 Å². The molecule has 164 valence electrons. The Morgan fingerprint density at radius 1 is 0.0909 bits per heavy atom. The molecule has 0 unspecified atom stereocenters. The van der Waals surface area contributed by atoms with Gasteiger partial charge in [0.1, 0.15) is 0 Å².